The summed E-state index contributed by atoms with van der Waals surface area (Å²) in [7, 11) is -2.86. The molecule has 1 saturated carbocycles. The number of nitrogens with one attached hydrogen (secondary N) is 1. The Morgan fingerprint density at radius 1 is 1.16 bits per heavy atom. The molecule has 10 nitrogen and oxygen atoms in total. The third kappa shape index (κ3) is 6.19. The van der Waals surface area contributed by atoms with E-state index in [1.54, 1.807) is 36.1 Å². The summed E-state index contributed by atoms with van der Waals surface area (Å²) in [4.78, 5) is 32.9. The number of amidine groups is 1. The summed E-state index contributed by atoms with van der Waals surface area (Å²) in [6.45, 7) is 3.99. The molecule has 1 aromatic heterocycles. The van der Waals surface area contributed by atoms with Crippen molar-refractivity contribution in [3.63, 3.8) is 0 Å². The van der Waals surface area contributed by atoms with Gasteiger partial charge in [-0.2, -0.15) is 0 Å². The molecule has 1 amide bonds. The van der Waals surface area contributed by atoms with E-state index in [0.717, 1.165) is 56.3 Å². The van der Waals surface area contributed by atoms with Crippen LogP contribution in [0, 0.1) is 6.92 Å². The standard InChI is InChI=1S/C31H35ClN4O6S/c1-4-5-12-26-33-31(15-8-9-16-31)30(38)36(26)19-21-13-14-23(22(17-21)18-27(37)41-3)24-10-6-7-11-25(24)43(39,40)35-29-28(32)20(2)42-34-29/h6-7,10-11,13-14,17H,4-5,8-9,12,15-16,18-19H2,1-3H3,(H,34,35). The number of hydrogen-bond acceptors (Lipinski definition) is 8. The fourth-order valence-corrected chi connectivity index (χ4v) is 7.19. The molecule has 43 heavy (non-hydrogen) atoms. The number of amides is 1. The van der Waals surface area contributed by atoms with E-state index in [1.165, 1.54) is 13.2 Å². The number of aliphatic imine (C=N–C) groups is 1. The van der Waals surface area contributed by atoms with Crippen LogP contribution in [0.15, 0.2) is 56.9 Å². The van der Waals surface area contributed by atoms with Crippen molar-refractivity contribution in [3.05, 3.63) is 64.4 Å². The molecule has 0 unspecified atom stereocenters. The summed E-state index contributed by atoms with van der Waals surface area (Å²) in [5.41, 5.74) is 1.64. The van der Waals surface area contributed by atoms with Crippen molar-refractivity contribution in [2.24, 2.45) is 4.99 Å². The van der Waals surface area contributed by atoms with Gasteiger partial charge in [-0.25, -0.2) is 8.42 Å². The van der Waals surface area contributed by atoms with Crippen molar-refractivity contribution < 1.29 is 27.3 Å². The van der Waals surface area contributed by atoms with Crippen LogP contribution in [-0.4, -0.2) is 48.8 Å². The molecule has 0 atom stereocenters. The monoisotopic (exact) mass is 626 g/mol. The quantitative estimate of drug-likeness (QED) is 0.256. The Morgan fingerprint density at radius 2 is 1.91 bits per heavy atom. The molecule has 3 aromatic rings. The lowest BCUT2D eigenvalue weighted by molar-refractivity contribution is -0.139. The van der Waals surface area contributed by atoms with Crippen LogP contribution in [-0.2, 0) is 37.3 Å². The molecule has 0 radical (unpaired) electrons. The normalized spacial score (nSPS) is 16.1. The minimum Gasteiger partial charge on any atom is -0.469 e. The Hall–Kier alpha value is -3.70. The van der Waals surface area contributed by atoms with E-state index in [-0.39, 0.29) is 33.8 Å². The molecular weight excluding hydrogens is 592 g/mol. The summed E-state index contributed by atoms with van der Waals surface area (Å²) < 4.78 is 39.4. The number of methoxy groups -OCH3 is 1. The minimum atomic E-state index is -4.16. The molecule has 5 rings (SSSR count). The van der Waals surface area contributed by atoms with Crippen molar-refractivity contribution in [1.82, 2.24) is 10.1 Å². The number of esters is 1. The van der Waals surface area contributed by atoms with Crippen molar-refractivity contribution in [3.8, 4) is 11.1 Å². The van der Waals surface area contributed by atoms with Crippen LogP contribution in [0.1, 0.15) is 68.8 Å². The van der Waals surface area contributed by atoms with Gasteiger partial charge in [0.15, 0.2) is 5.76 Å². The molecule has 1 spiro atoms. The SMILES string of the molecule is CCCCC1=NC2(CCCC2)C(=O)N1Cc1ccc(-c2ccccc2S(=O)(=O)Nc2noc(C)c2Cl)c(CC(=O)OC)c1. The zero-order chi connectivity index (χ0) is 30.8. The van der Waals surface area contributed by atoms with Gasteiger partial charge in [0.25, 0.3) is 15.9 Å². The van der Waals surface area contributed by atoms with Gasteiger partial charge in [0.1, 0.15) is 16.4 Å². The largest absolute Gasteiger partial charge is 0.469 e. The third-order valence-electron chi connectivity index (χ3n) is 8.04. The summed E-state index contributed by atoms with van der Waals surface area (Å²) in [5, 5.41) is 3.78. The molecule has 1 N–H and O–H groups in total. The van der Waals surface area contributed by atoms with Gasteiger partial charge in [0, 0.05) is 12.0 Å². The first-order valence-corrected chi connectivity index (χ1v) is 16.3. The number of benzene rings is 2. The van der Waals surface area contributed by atoms with Crippen LogP contribution >= 0.6 is 11.6 Å². The van der Waals surface area contributed by atoms with E-state index >= 15 is 0 Å². The van der Waals surface area contributed by atoms with E-state index in [2.05, 4.69) is 16.8 Å². The molecule has 12 heteroatoms. The number of aryl methyl sites for hydroxylation is 1. The lowest BCUT2D eigenvalue weighted by atomic mass is 9.94. The number of halogens is 1. The fourth-order valence-electron chi connectivity index (χ4n) is 5.79. The first-order chi connectivity index (χ1) is 20.6. The zero-order valence-corrected chi connectivity index (χ0v) is 26.1. The number of rotatable bonds is 11. The number of aromatic nitrogens is 1. The number of ether oxygens (including phenoxy) is 1. The minimum absolute atomic E-state index is 0.0301. The molecule has 1 aliphatic heterocycles. The lowest BCUT2D eigenvalue weighted by Crippen LogP contribution is -2.40. The average Bonchev–Trinajstić information content (AvgIpc) is 3.67. The maximum atomic E-state index is 13.7. The molecule has 0 saturated heterocycles. The van der Waals surface area contributed by atoms with Gasteiger partial charge < -0.3 is 9.26 Å². The summed E-state index contributed by atoms with van der Waals surface area (Å²) in [6.07, 6.45) is 6.07. The van der Waals surface area contributed by atoms with E-state index < -0.39 is 21.5 Å². The highest BCUT2D eigenvalue weighted by Gasteiger charge is 2.49. The number of carbonyl (C=O) groups is 2. The number of hydrogen-bond donors (Lipinski definition) is 1. The molecule has 2 heterocycles. The van der Waals surface area contributed by atoms with Gasteiger partial charge in [-0.3, -0.25) is 24.2 Å². The highest BCUT2D eigenvalue weighted by Crippen LogP contribution is 2.40. The van der Waals surface area contributed by atoms with Gasteiger partial charge in [-0.05, 0) is 48.9 Å². The van der Waals surface area contributed by atoms with Crippen LogP contribution in [0.3, 0.4) is 0 Å². The number of anilines is 1. The van der Waals surface area contributed by atoms with Crippen molar-refractivity contribution in [1.29, 1.82) is 0 Å². The molecule has 0 bridgehead atoms. The third-order valence-corrected chi connectivity index (χ3v) is 9.89. The molecule has 1 fully saturated rings. The van der Waals surface area contributed by atoms with Crippen molar-refractivity contribution in [2.45, 2.75) is 82.2 Å². The smallest absolute Gasteiger partial charge is 0.309 e. The number of sulfonamides is 1. The summed E-state index contributed by atoms with van der Waals surface area (Å²) in [6, 6.07) is 11.9. The van der Waals surface area contributed by atoms with Gasteiger partial charge >= 0.3 is 5.97 Å². The number of nitrogens with zero attached hydrogens (tertiary/aromatic N) is 3. The first-order valence-electron chi connectivity index (χ1n) is 14.4. The van der Waals surface area contributed by atoms with E-state index in [0.29, 0.717) is 23.2 Å². The van der Waals surface area contributed by atoms with Gasteiger partial charge in [-0.15, -0.1) is 0 Å². The van der Waals surface area contributed by atoms with Crippen LogP contribution in [0.4, 0.5) is 5.82 Å². The number of carbonyl (C=O) groups excluding carboxylic acids is 2. The van der Waals surface area contributed by atoms with Crippen molar-refractivity contribution >= 4 is 45.2 Å². The molecule has 2 aliphatic rings. The predicted octanol–water partition coefficient (Wildman–Crippen LogP) is 6.06. The topological polar surface area (TPSA) is 131 Å². The molecule has 228 valence electrons. The predicted molar refractivity (Wildman–Crippen MR) is 163 cm³/mol. The Balaban J connectivity index is 1.51. The molecule has 1 aliphatic carbocycles. The Labute approximate surface area is 256 Å². The average molecular weight is 627 g/mol. The van der Waals surface area contributed by atoms with E-state index in [9.17, 15) is 18.0 Å². The second-order valence-electron chi connectivity index (χ2n) is 11.0. The van der Waals surface area contributed by atoms with Crippen LogP contribution < -0.4 is 4.72 Å². The summed E-state index contributed by atoms with van der Waals surface area (Å²) >= 11 is 6.16. The highest BCUT2D eigenvalue weighted by molar-refractivity contribution is 7.92. The molecule has 2 aromatic carbocycles. The Morgan fingerprint density at radius 3 is 2.58 bits per heavy atom. The van der Waals surface area contributed by atoms with Crippen LogP contribution in [0.25, 0.3) is 11.1 Å². The zero-order valence-electron chi connectivity index (χ0n) is 24.5. The van der Waals surface area contributed by atoms with Crippen LogP contribution in [0.2, 0.25) is 5.02 Å². The van der Waals surface area contributed by atoms with Gasteiger partial charge in [0.05, 0.1) is 25.0 Å². The van der Waals surface area contributed by atoms with Gasteiger partial charge in [0.2, 0.25) is 5.82 Å². The number of unbranched alkanes of at least 4 members (excludes halogenated alkanes) is 1. The first kappa shape index (κ1) is 30.7. The Bertz CT molecular complexity index is 1680. The second-order valence-corrected chi connectivity index (χ2v) is 13.0. The fraction of sp³-hybridized carbons (Fsp3) is 0.419. The summed E-state index contributed by atoms with van der Waals surface area (Å²) in [5.74, 6) is 0.543. The van der Waals surface area contributed by atoms with Crippen LogP contribution in [0.5, 0.6) is 0 Å². The highest BCUT2D eigenvalue weighted by atomic mass is 35.5. The van der Waals surface area contributed by atoms with Gasteiger partial charge in [-0.1, -0.05) is 79.3 Å². The maximum absolute atomic E-state index is 13.7. The Kier molecular flexibility index (Phi) is 8.94. The van der Waals surface area contributed by atoms with Crippen molar-refractivity contribution in [2.75, 3.05) is 11.8 Å². The van der Waals surface area contributed by atoms with E-state index in [1.807, 2.05) is 12.1 Å². The van der Waals surface area contributed by atoms with E-state index in [4.69, 9.17) is 25.9 Å². The maximum Gasteiger partial charge on any atom is 0.309 e. The molecular formula is C31H35ClN4O6S. The lowest BCUT2D eigenvalue weighted by Gasteiger charge is -2.23. The second kappa shape index (κ2) is 12.5.